The molecule has 0 saturated carbocycles. The maximum absolute atomic E-state index is 12.3. The highest BCUT2D eigenvalue weighted by Crippen LogP contribution is 2.15. The Bertz CT molecular complexity index is 877. The van der Waals surface area contributed by atoms with Crippen molar-refractivity contribution < 1.29 is 21.3 Å². The van der Waals surface area contributed by atoms with Gasteiger partial charge in [0.25, 0.3) is 0 Å². The van der Waals surface area contributed by atoms with Gasteiger partial charge in [-0.05, 0) is 12.0 Å². The number of nitrogens with zero attached hydrogens (tertiary/aromatic N) is 2. The van der Waals surface area contributed by atoms with Gasteiger partial charge in [-0.2, -0.15) is 0 Å². The average molecular weight is 387 g/mol. The number of aromatic nitrogens is 2. The van der Waals surface area contributed by atoms with E-state index in [-0.39, 0.29) is 30.4 Å². The molecule has 0 radical (unpaired) electrons. The van der Waals surface area contributed by atoms with E-state index in [1.54, 1.807) is 30.3 Å². The van der Waals surface area contributed by atoms with Gasteiger partial charge in [-0.25, -0.2) is 21.6 Å². The smallest absolute Gasteiger partial charge is 0.335 e. The molecule has 0 amide bonds. The third-order valence-corrected chi connectivity index (χ3v) is 6.22. The van der Waals surface area contributed by atoms with Crippen LogP contribution in [0.1, 0.15) is 31.2 Å². The second kappa shape index (κ2) is 8.54. The molecule has 8 nitrogen and oxygen atoms in total. The van der Waals surface area contributed by atoms with Gasteiger partial charge in [0.1, 0.15) is 0 Å². The highest BCUT2D eigenvalue weighted by atomic mass is 32.2. The van der Waals surface area contributed by atoms with Gasteiger partial charge in [0.15, 0.2) is 0 Å². The van der Waals surface area contributed by atoms with Crippen LogP contribution in [-0.4, -0.2) is 39.3 Å². The first-order chi connectivity index (χ1) is 11.8. The topological polar surface area (TPSA) is 119 Å². The molecule has 2 aromatic rings. The van der Waals surface area contributed by atoms with Crippen molar-refractivity contribution in [2.75, 3.05) is 12.3 Å². The monoisotopic (exact) mass is 387 g/mol. The first-order valence-electron chi connectivity index (χ1n) is 7.89. The van der Waals surface area contributed by atoms with Crippen molar-refractivity contribution in [2.24, 2.45) is 0 Å². The molecule has 0 spiro atoms. The molecule has 1 aromatic heterocycles. The second-order valence-corrected chi connectivity index (χ2v) is 9.32. The molecule has 1 heterocycles. The summed E-state index contributed by atoms with van der Waals surface area (Å²) in [4.78, 5) is 0. The Balaban J connectivity index is 1.93. The Morgan fingerprint density at radius 2 is 1.80 bits per heavy atom. The Kier molecular flexibility index (Phi) is 6.68. The maximum Gasteiger partial charge on any atom is 0.335 e. The zero-order valence-electron chi connectivity index (χ0n) is 13.9. The summed E-state index contributed by atoms with van der Waals surface area (Å²) in [6.07, 6.45) is 1.49. The maximum atomic E-state index is 12.3. The van der Waals surface area contributed by atoms with E-state index in [2.05, 4.69) is 14.9 Å². The molecule has 0 saturated heterocycles. The lowest BCUT2D eigenvalue weighted by Crippen LogP contribution is -2.28. The minimum atomic E-state index is -3.74. The van der Waals surface area contributed by atoms with Crippen LogP contribution < -0.4 is 4.72 Å². The molecule has 2 rings (SSSR count). The van der Waals surface area contributed by atoms with Crippen LogP contribution in [-0.2, 0) is 32.0 Å². The molecule has 0 aliphatic carbocycles. The van der Waals surface area contributed by atoms with Crippen LogP contribution in [0.5, 0.6) is 0 Å². The fourth-order valence-electron chi connectivity index (χ4n) is 2.04. The molecule has 138 valence electrons. The molecule has 0 aliphatic heterocycles. The van der Waals surface area contributed by atoms with E-state index < -0.39 is 25.1 Å². The van der Waals surface area contributed by atoms with Crippen LogP contribution in [0.3, 0.4) is 0 Å². The number of sulfone groups is 1. The van der Waals surface area contributed by atoms with Gasteiger partial charge in [-0.15, -0.1) is 5.10 Å². The van der Waals surface area contributed by atoms with E-state index in [0.717, 1.165) is 6.42 Å². The minimum absolute atomic E-state index is 0.0596. The molecule has 1 aromatic carbocycles. The van der Waals surface area contributed by atoms with Crippen molar-refractivity contribution in [3.63, 3.8) is 0 Å². The van der Waals surface area contributed by atoms with E-state index in [1.807, 2.05) is 6.92 Å². The second-order valence-electron chi connectivity index (χ2n) is 5.52. The normalized spacial score (nSPS) is 12.4. The summed E-state index contributed by atoms with van der Waals surface area (Å²) in [6.45, 7) is 1.98. The number of hydrogen-bond donors (Lipinski definition) is 1. The van der Waals surface area contributed by atoms with Crippen molar-refractivity contribution in [2.45, 2.75) is 37.2 Å². The van der Waals surface area contributed by atoms with Crippen molar-refractivity contribution in [1.82, 2.24) is 14.9 Å². The van der Waals surface area contributed by atoms with Crippen molar-refractivity contribution in [3.8, 4) is 0 Å². The highest BCUT2D eigenvalue weighted by molar-refractivity contribution is 7.90. The van der Waals surface area contributed by atoms with Crippen LogP contribution in [0.25, 0.3) is 0 Å². The third kappa shape index (κ3) is 6.22. The van der Waals surface area contributed by atoms with Gasteiger partial charge >= 0.3 is 5.22 Å². The summed E-state index contributed by atoms with van der Waals surface area (Å²) < 4.78 is 55.5. The third-order valence-electron chi connectivity index (χ3n) is 3.34. The minimum Gasteiger partial charge on any atom is -0.412 e. The fraction of sp³-hybridized carbons (Fsp3) is 0.467. The highest BCUT2D eigenvalue weighted by Gasteiger charge is 2.23. The Morgan fingerprint density at radius 3 is 2.48 bits per heavy atom. The van der Waals surface area contributed by atoms with Crippen LogP contribution in [0.2, 0.25) is 0 Å². The molecular formula is C15H21N3O5S2. The van der Waals surface area contributed by atoms with Gasteiger partial charge in [-0.1, -0.05) is 48.8 Å². The van der Waals surface area contributed by atoms with Crippen LogP contribution in [0.4, 0.5) is 0 Å². The quantitative estimate of drug-likeness (QED) is 0.652. The molecule has 0 bridgehead atoms. The summed E-state index contributed by atoms with van der Waals surface area (Å²) >= 11 is 0. The molecule has 10 heteroatoms. The first kappa shape index (κ1) is 19.5. The van der Waals surface area contributed by atoms with E-state index in [9.17, 15) is 16.8 Å². The zero-order valence-corrected chi connectivity index (χ0v) is 15.5. The molecule has 0 aliphatic rings. The average Bonchev–Trinajstić information content (AvgIpc) is 3.03. The number of rotatable bonds is 10. The lowest BCUT2D eigenvalue weighted by molar-refractivity contribution is 0.395. The molecule has 0 fully saturated rings. The zero-order chi connectivity index (χ0) is 18.3. The number of benzene rings is 1. The van der Waals surface area contributed by atoms with Crippen molar-refractivity contribution >= 4 is 19.9 Å². The van der Waals surface area contributed by atoms with Gasteiger partial charge in [0.2, 0.25) is 25.8 Å². The molecule has 25 heavy (non-hydrogen) atoms. The Morgan fingerprint density at radius 1 is 1.08 bits per heavy atom. The number of sulfonamides is 1. The summed E-state index contributed by atoms with van der Waals surface area (Å²) in [6, 6.07) is 8.67. The first-order valence-corrected chi connectivity index (χ1v) is 11.2. The van der Waals surface area contributed by atoms with E-state index in [0.29, 0.717) is 12.0 Å². The SMILES string of the molecule is CCCCS(=O)(=O)NCCc1nnc(S(=O)(=O)Cc2ccccc2)o1. The summed E-state index contributed by atoms with van der Waals surface area (Å²) in [5.74, 6) is -0.104. The predicted octanol–water partition coefficient (Wildman–Crippen LogP) is 1.31. The van der Waals surface area contributed by atoms with Gasteiger partial charge in [0.05, 0.1) is 11.5 Å². The van der Waals surface area contributed by atoms with Gasteiger partial charge in [0, 0.05) is 13.0 Å². The Hall–Kier alpha value is -1.78. The number of nitrogens with one attached hydrogen (secondary N) is 1. The van der Waals surface area contributed by atoms with Crippen LogP contribution >= 0.6 is 0 Å². The predicted molar refractivity (Wildman–Crippen MR) is 92.0 cm³/mol. The van der Waals surface area contributed by atoms with Crippen molar-refractivity contribution in [1.29, 1.82) is 0 Å². The van der Waals surface area contributed by atoms with Crippen LogP contribution in [0.15, 0.2) is 40.0 Å². The lowest BCUT2D eigenvalue weighted by Gasteiger charge is -2.04. The summed E-state index contributed by atoms with van der Waals surface area (Å²) in [7, 11) is -7.07. The molecular weight excluding hydrogens is 366 g/mol. The van der Waals surface area contributed by atoms with E-state index in [1.165, 1.54) is 0 Å². The fourth-order valence-corrected chi connectivity index (χ4v) is 4.41. The van der Waals surface area contributed by atoms with Crippen molar-refractivity contribution in [3.05, 3.63) is 41.8 Å². The largest absolute Gasteiger partial charge is 0.412 e. The lowest BCUT2D eigenvalue weighted by atomic mass is 10.2. The van der Waals surface area contributed by atoms with E-state index in [4.69, 9.17) is 4.42 Å². The molecule has 1 N–H and O–H groups in total. The van der Waals surface area contributed by atoms with Gasteiger partial charge in [-0.3, -0.25) is 0 Å². The summed E-state index contributed by atoms with van der Waals surface area (Å²) in [5.41, 5.74) is 0.617. The standard InChI is InChI=1S/C15H21N3O5S2/c1-2-3-11-25(21,22)16-10-9-14-17-18-15(23-14)24(19,20)12-13-7-5-4-6-8-13/h4-8,16H,2-3,9-12H2,1H3. The van der Waals surface area contributed by atoms with Crippen LogP contribution in [0, 0.1) is 0 Å². The number of hydrogen-bond acceptors (Lipinski definition) is 7. The molecule has 0 unspecified atom stereocenters. The van der Waals surface area contributed by atoms with E-state index >= 15 is 0 Å². The van der Waals surface area contributed by atoms with Gasteiger partial charge < -0.3 is 4.42 Å². The summed E-state index contributed by atoms with van der Waals surface area (Å²) in [5, 5.41) is 6.78. The number of unbranched alkanes of at least 4 members (excludes halogenated alkanes) is 1. The molecule has 0 atom stereocenters. The Labute approximate surface area is 147 Å².